The smallest absolute Gasteiger partial charge is 0.250 e. The number of aromatic nitrogens is 4. The van der Waals surface area contributed by atoms with Crippen molar-refractivity contribution in [1.29, 1.82) is 0 Å². The SMILES string of the molecule is CS(=O)(=O)c1nc(NCc2cn3cc(C4CC4)ccc3n2)cc(NC(=O)C2CC2c2cccc(Cl)c2)n1. The Kier molecular flexibility index (Phi) is 5.88. The summed E-state index contributed by atoms with van der Waals surface area (Å²) in [7, 11) is -3.71. The van der Waals surface area contributed by atoms with E-state index in [1.54, 1.807) is 6.07 Å². The molecule has 1 aromatic carbocycles. The van der Waals surface area contributed by atoms with Crippen LogP contribution >= 0.6 is 11.6 Å². The zero-order valence-corrected chi connectivity index (χ0v) is 21.6. The van der Waals surface area contributed by atoms with Crippen LogP contribution in [0.3, 0.4) is 0 Å². The predicted molar refractivity (Wildman–Crippen MR) is 141 cm³/mol. The van der Waals surface area contributed by atoms with E-state index in [1.165, 1.54) is 24.5 Å². The quantitative estimate of drug-likeness (QED) is 0.320. The number of sulfone groups is 1. The number of amides is 1. The van der Waals surface area contributed by atoms with Crippen molar-refractivity contribution in [3.8, 4) is 0 Å². The third-order valence-corrected chi connectivity index (χ3v) is 7.80. The highest BCUT2D eigenvalue weighted by molar-refractivity contribution is 7.90. The van der Waals surface area contributed by atoms with E-state index in [2.05, 4.69) is 37.8 Å². The van der Waals surface area contributed by atoms with Gasteiger partial charge in [-0.3, -0.25) is 4.79 Å². The Morgan fingerprint density at radius 3 is 2.62 bits per heavy atom. The van der Waals surface area contributed by atoms with Crippen molar-refractivity contribution in [2.45, 2.75) is 42.8 Å². The van der Waals surface area contributed by atoms with Crippen molar-refractivity contribution >= 4 is 44.6 Å². The first-order valence-corrected chi connectivity index (χ1v) is 14.4. The first-order valence-electron chi connectivity index (χ1n) is 12.1. The van der Waals surface area contributed by atoms with Crippen LogP contribution in [-0.4, -0.2) is 39.9 Å². The maximum atomic E-state index is 12.9. The van der Waals surface area contributed by atoms with Gasteiger partial charge in [-0.15, -0.1) is 0 Å². The molecule has 2 saturated carbocycles. The molecule has 2 unspecified atom stereocenters. The molecular weight excluding hydrogens is 512 g/mol. The first kappa shape index (κ1) is 23.9. The highest BCUT2D eigenvalue weighted by Gasteiger charge is 2.44. The molecule has 4 aromatic rings. The number of benzene rings is 1. The van der Waals surface area contributed by atoms with Gasteiger partial charge in [0.2, 0.25) is 15.7 Å². The fraction of sp³-hybridized carbons (Fsp3) is 0.308. The number of rotatable bonds is 8. The van der Waals surface area contributed by atoms with E-state index in [0.717, 1.165) is 23.2 Å². The molecule has 6 rings (SSSR count). The minimum absolute atomic E-state index is 0.0722. The number of pyridine rings is 1. The molecule has 9 nitrogen and oxygen atoms in total. The van der Waals surface area contributed by atoms with Crippen LogP contribution in [0.15, 0.2) is 60.0 Å². The lowest BCUT2D eigenvalue weighted by Crippen LogP contribution is -2.18. The van der Waals surface area contributed by atoms with Crippen LogP contribution in [0.2, 0.25) is 5.02 Å². The first-order chi connectivity index (χ1) is 17.7. The molecule has 2 fully saturated rings. The zero-order valence-electron chi connectivity index (χ0n) is 20.1. The number of fused-ring (bicyclic) bond motifs is 1. The van der Waals surface area contributed by atoms with Crippen LogP contribution < -0.4 is 10.6 Å². The summed E-state index contributed by atoms with van der Waals surface area (Å²) in [6, 6.07) is 13.1. The van der Waals surface area contributed by atoms with E-state index in [9.17, 15) is 13.2 Å². The maximum absolute atomic E-state index is 12.9. The minimum atomic E-state index is -3.71. The molecule has 2 aliphatic carbocycles. The molecule has 0 spiro atoms. The Morgan fingerprint density at radius 2 is 1.86 bits per heavy atom. The molecule has 0 radical (unpaired) electrons. The third-order valence-electron chi connectivity index (χ3n) is 6.72. The number of carbonyl (C=O) groups is 1. The van der Waals surface area contributed by atoms with Crippen LogP contribution in [0, 0.1) is 5.92 Å². The summed E-state index contributed by atoms with van der Waals surface area (Å²) in [5.74, 6) is 0.676. The molecule has 3 heterocycles. The molecule has 2 atom stereocenters. The van der Waals surface area contributed by atoms with Crippen molar-refractivity contribution in [3.05, 3.63) is 76.7 Å². The van der Waals surface area contributed by atoms with E-state index < -0.39 is 9.84 Å². The van der Waals surface area contributed by atoms with Gasteiger partial charge < -0.3 is 15.0 Å². The van der Waals surface area contributed by atoms with E-state index in [-0.39, 0.29) is 34.5 Å². The van der Waals surface area contributed by atoms with Crippen LogP contribution in [0.4, 0.5) is 11.6 Å². The van der Waals surface area contributed by atoms with Crippen molar-refractivity contribution in [1.82, 2.24) is 19.4 Å². The van der Waals surface area contributed by atoms with Gasteiger partial charge in [-0.2, -0.15) is 0 Å². The van der Waals surface area contributed by atoms with E-state index in [4.69, 9.17) is 11.6 Å². The van der Waals surface area contributed by atoms with Crippen molar-refractivity contribution in [2.75, 3.05) is 16.9 Å². The van der Waals surface area contributed by atoms with Crippen molar-refractivity contribution in [2.24, 2.45) is 5.92 Å². The molecule has 2 aliphatic rings. The van der Waals surface area contributed by atoms with Crippen LogP contribution in [0.5, 0.6) is 0 Å². The second kappa shape index (κ2) is 9.11. The van der Waals surface area contributed by atoms with Gasteiger partial charge in [0.15, 0.2) is 0 Å². The van der Waals surface area contributed by atoms with E-state index in [0.29, 0.717) is 23.9 Å². The number of hydrogen-bond donors (Lipinski definition) is 2. The van der Waals surface area contributed by atoms with Gasteiger partial charge in [0, 0.05) is 35.7 Å². The molecule has 0 aliphatic heterocycles. The van der Waals surface area contributed by atoms with Gasteiger partial charge in [-0.1, -0.05) is 29.8 Å². The standard InChI is InChI=1S/C26H25ClN6O3S/c1-37(35,36)26-31-22(28-12-19-14-33-13-17(15-5-6-15)7-8-24(33)29-19)11-23(32-26)30-25(34)21-10-20(21)16-3-2-4-18(27)9-16/h2-4,7-9,11,13-15,20-21H,5-6,10,12H2,1H3,(H2,28,30,31,32,34). The van der Waals surface area contributed by atoms with Gasteiger partial charge in [0.1, 0.15) is 17.3 Å². The van der Waals surface area contributed by atoms with Gasteiger partial charge in [0.05, 0.1) is 12.2 Å². The highest BCUT2D eigenvalue weighted by atomic mass is 35.5. The Bertz CT molecular complexity index is 1630. The van der Waals surface area contributed by atoms with Crippen LogP contribution in [-0.2, 0) is 21.2 Å². The molecule has 0 bridgehead atoms. The lowest BCUT2D eigenvalue weighted by atomic mass is 10.1. The van der Waals surface area contributed by atoms with Crippen molar-refractivity contribution < 1.29 is 13.2 Å². The average Bonchev–Trinajstić information content (AvgIpc) is 3.78. The summed E-state index contributed by atoms with van der Waals surface area (Å²) in [4.78, 5) is 25.7. The summed E-state index contributed by atoms with van der Waals surface area (Å²) in [5.41, 5.74) is 3.94. The molecule has 1 amide bonds. The fourth-order valence-corrected chi connectivity index (χ4v) is 5.27. The summed E-state index contributed by atoms with van der Waals surface area (Å²) < 4.78 is 26.5. The largest absolute Gasteiger partial charge is 0.364 e. The van der Waals surface area contributed by atoms with Gasteiger partial charge >= 0.3 is 0 Å². The number of anilines is 2. The van der Waals surface area contributed by atoms with Gasteiger partial charge in [-0.05, 0) is 60.4 Å². The van der Waals surface area contributed by atoms with E-state index >= 15 is 0 Å². The van der Waals surface area contributed by atoms with Gasteiger partial charge in [-0.25, -0.2) is 23.4 Å². The van der Waals surface area contributed by atoms with Crippen molar-refractivity contribution in [3.63, 3.8) is 0 Å². The van der Waals surface area contributed by atoms with Crippen LogP contribution in [0.25, 0.3) is 5.65 Å². The maximum Gasteiger partial charge on any atom is 0.250 e. The Hall–Kier alpha value is -3.50. The van der Waals surface area contributed by atoms with E-state index in [1.807, 2.05) is 34.9 Å². The Labute approximate surface area is 219 Å². The third kappa shape index (κ3) is 5.30. The molecule has 0 saturated heterocycles. The molecule has 11 heteroatoms. The highest BCUT2D eigenvalue weighted by Crippen LogP contribution is 2.48. The summed E-state index contributed by atoms with van der Waals surface area (Å²) >= 11 is 6.08. The monoisotopic (exact) mass is 536 g/mol. The Morgan fingerprint density at radius 1 is 1.05 bits per heavy atom. The molecular formula is C26H25ClN6O3S. The minimum Gasteiger partial charge on any atom is -0.364 e. The molecule has 37 heavy (non-hydrogen) atoms. The lowest BCUT2D eigenvalue weighted by Gasteiger charge is -2.10. The second-order valence-electron chi connectivity index (χ2n) is 9.77. The molecule has 3 aromatic heterocycles. The van der Waals surface area contributed by atoms with Crippen LogP contribution in [0.1, 0.15) is 47.9 Å². The number of hydrogen-bond acceptors (Lipinski definition) is 7. The second-order valence-corrected chi connectivity index (χ2v) is 12.1. The zero-order chi connectivity index (χ0) is 25.7. The number of nitrogens with one attached hydrogen (secondary N) is 2. The number of imidazole rings is 1. The molecule has 190 valence electrons. The Balaban J connectivity index is 1.18. The lowest BCUT2D eigenvalue weighted by molar-refractivity contribution is -0.117. The summed E-state index contributed by atoms with van der Waals surface area (Å²) in [5, 5.41) is 6.16. The average molecular weight is 537 g/mol. The van der Waals surface area contributed by atoms with Gasteiger partial charge in [0.25, 0.3) is 5.16 Å². The predicted octanol–water partition coefficient (Wildman–Crippen LogP) is 4.41. The fourth-order valence-electron chi connectivity index (χ4n) is 4.54. The molecule has 2 N–H and O–H groups in total. The topological polar surface area (TPSA) is 118 Å². The number of halogens is 1. The number of nitrogens with zero attached hydrogens (tertiary/aromatic N) is 4. The summed E-state index contributed by atoms with van der Waals surface area (Å²) in [6.45, 7) is 0.327. The normalized spacial score (nSPS) is 19.1. The summed E-state index contributed by atoms with van der Waals surface area (Å²) in [6.07, 6.45) is 8.24. The number of carbonyl (C=O) groups excluding carboxylic acids is 1.